The van der Waals surface area contributed by atoms with Crippen LogP contribution < -0.4 is 15.4 Å². The Balaban J connectivity index is 0.000000328. The van der Waals surface area contributed by atoms with Crippen molar-refractivity contribution in [3.05, 3.63) is 107 Å². The van der Waals surface area contributed by atoms with E-state index < -0.39 is 5.82 Å². The van der Waals surface area contributed by atoms with Gasteiger partial charge in [0.15, 0.2) is 11.6 Å². The average molecular weight is 772 g/mol. The van der Waals surface area contributed by atoms with Crippen molar-refractivity contribution < 1.29 is 24.9 Å². The number of benzene rings is 3. The van der Waals surface area contributed by atoms with Crippen molar-refractivity contribution in [2.24, 2.45) is 0 Å². The van der Waals surface area contributed by atoms with E-state index in [1.165, 1.54) is 18.5 Å². The summed E-state index contributed by atoms with van der Waals surface area (Å²) in [5, 5.41) is 7.88. The number of nitrogens with one attached hydrogen (secondary N) is 2. The van der Waals surface area contributed by atoms with Crippen LogP contribution in [0.3, 0.4) is 0 Å². The van der Waals surface area contributed by atoms with Gasteiger partial charge in [0.05, 0.1) is 29.3 Å². The second-order valence-electron chi connectivity index (χ2n) is 13.1. The molecule has 2 N–H and O–H groups in total. The van der Waals surface area contributed by atoms with Crippen molar-refractivity contribution in [2.45, 2.75) is 53.1 Å². The fourth-order valence-corrected chi connectivity index (χ4v) is 5.93. The summed E-state index contributed by atoms with van der Waals surface area (Å²) in [6.45, 7) is 5.86. The van der Waals surface area contributed by atoms with Crippen LogP contribution in [0.4, 0.5) is 21.7 Å². The fourth-order valence-electron chi connectivity index (χ4n) is 5.75. The summed E-state index contributed by atoms with van der Waals surface area (Å²) < 4.78 is 25.2. The number of allylic oxidation sites excluding steroid dienone is 3. The lowest BCUT2D eigenvalue weighted by atomic mass is 10.0. The van der Waals surface area contributed by atoms with Gasteiger partial charge in [0.25, 0.3) is 0 Å². The molecular formula is C42H51ClFN7O4. The SMILES string of the molecule is C.CC/C=C/C(=O)Cc1cc2c(NC)ncnc2cc1C.CN(C)C/C=C/C(=O)Cc1cc2c(Nc3ccc(F)c(Cl)c3)ncnc2cc1O[C@H]1CCOC1.[HH]. The predicted octanol–water partition coefficient (Wildman–Crippen LogP) is 8.50. The lowest BCUT2D eigenvalue weighted by Gasteiger charge is -2.17. The van der Waals surface area contributed by atoms with Crippen molar-refractivity contribution in [3.8, 4) is 5.75 Å². The normalized spacial score (nSPS) is 13.9. The van der Waals surface area contributed by atoms with Crippen molar-refractivity contribution >= 4 is 62.3 Å². The molecule has 5 aromatic rings. The molecule has 1 fully saturated rings. The van der Waals surface area contributed by atoms with Crippen LogP contribution in [0.5, 0.6) is 5.75 Å². The molecule has 55 heavy (non-hydrogen) atoms. The van der Waals surface area contributed by atoms with Gasteiger partial charge in [-0.05, 0) is 87.1 Å². The number of fused-ring (bicyclic) bond motifs is 2. The van der Waals surface area contributed by atoms with Crippen molar-refractivity contribution in [2.75, 3.05) is 51.5 Å². The summed E-state index contributed by atoms with van der Waals surface area (Å²) in [6, 6.07) is 12.1. The number of nitrogens with zero attached hydrogens (tertiary/aromatic N) is 5. The van der Waals surface area contributed by atoms with Crippen LogP contribution in [-0.4, -0.2) is 83.4 Å². The summed E-state index contributed by atoms with van der Waals surface area (Å²) in [5.41, 5.74) is 4.96. The van der Waals surface area contributed by atoms with Gasteiger partial charge < -0.3 is 25.0 Å². The molecule has 292 valence electrons. The first-order valence-electron chi connectivity index (χ1n) is 17.7. The first-order chi connectivity index (χ1) is 26.0. The molecule has 0 spiro atoms. The second kappa shape index (κ2) is 20.4. The lowest BCUT2D eigenvalue weighted by molar-refractivity contribution is -0.114. The zero-order valence-corrected chi connectivity index (χ0v) is 31.9. The highest BCUT2D eigenvalue weighted by atomic mass is 35.5. The molecule has 1 aliphatic heterocycles. The molecule has 13 heteroatoms. The van der Waals surface area contributed by atoms with Gasteiger partial charge in [-0.15, -0.1) is 0 Å². The van der Waals surface area contributed by atoms with E-state index >= 15 is 0 Å². The molecule has 0 unspecified atom stereocenters. The van der Waals surface area contributed by atoms with Gasteiger partial charge in [0.2, 0.25) is 0 Å². The fraction of sp³-hybridized carbons (Fsp3) is 0.333. The Hall–Kier alpha value is -5.30. The van der Waals surface area contributed by atoms with E-state index in [0.29, 0.717) is 54.3 Å². The number of rotatable bonds is 14. The molecule has 0 radical (unpaired) electrons. The maximum atomic E-state index is 13.6. The van der Waals surface area contributed by atoms with Crippen LogP contribution in [0.15, 0.2) is 79.4 Å². The first kappa shape index (κ1) is 42.4. The minimum atomic E-state index is -0.499. The molecule has 0 bridgehead atoms. The van der Waals surface area contributed by atoms with Gasteiger partial charge in [-0.25, -0.2) is 24.3 Å². The number of aryl methyl sites for hydroxylation is 1. The third kappa shape index (κ3) is 11.8. The Morgan fingerprint density at radius 3 is 2.27 bits per heavy atom. The molecule has 3 aromatic carbocycles. The van der Waals surface area contributed by atoms with Crippen LogP contribution in [-0.2, 0) is 27.2 Å². The minimum Gasteiger partial charge on any atom is -0.488 e. The average Bonchev–Trinajstić information content (AvgIpc) is 3.66. The van der Waals surface area contributed by atoms with Gasteiger partial charge in [0, 0.05) is 62.4 Å². The van der Waals surface area contributed by atoms with Crippen LogP contribution >= 0.6 is 11.6 Å². The largest absolute Gasteiger partial charge is 0.488 e. The third-order valence-corrected chi connectivity index (χ3v) is 8.84. The number of hydrogen-bond acceptors (Lipinski definition) is 11. The van der Waals surface area contributed by atoms with E-state index in [9.17, 15) is 14.0 Å². The van der Waals surface area contributed by atoms with Crippen LogP contribution in [0, 0.1) is 12.7 Å². The molecule has 2 aromatic heterocycles. The lowest BCUT2D eigenvalue weighted by Crippen LogP contribution is -2.17. The molecule has 11 nitrogen and oxygen atoms in total. The summed E-state index contributed by atoms with van der Waals surface area (Å²) in [6.07, 6.45) is 12.1. The van der Waals surface area contributed by atoms with Crippen LogP contribution in [0.1, 0.15) is 45.3 Å². The molecule has 0 aliphatic carbocycles. The molecule has 1 aliphatic rings. The van der Waals surface area contributed by atoms with Gasteiger partial charge >= 0.3 is 0 Å². The maximum absolute atomic E-state index is 13.6. The predicted molar refractivity (Wildman–Crippen MR) is 221 cm³/mol. The minimum absolute atomic E-state index is 0. The molecule has 6 rings (SSSR count). The number of hydrogen-bond donors (Lipinski definition) is 2. The monoisotopic (exact) mass is 771 g/mol. The van der Waals surface area contributed by atoms with Crippen molar-refractivity contribution in [1.29, 1.82) is 0 Å². The van der Waals surface area contributed by atoms with E-state index in [4.69, 9.17) is 21.1 Å². The van der Waals surface area contributed by atoms with Gasteiger partial charge in [-0.1, -0.05) is 38.1 Å². The zero-order valence-electron chi connectivity index (χ0n) is 31.2. The number of carbonyl (C=O) groups excluding carboxylic acids is 2. The molecule has 1 atom stereocenters. The van der Waals surface area contributed by atoms with Gasteiger partial charge in [-0.3, -0.25) is 9.59 Å². The Labute approximate surface area is 328 Å². The first-order valence-corrected chi connectivity index (χ1v) is 18.1. The quantitative estimate of drug-likeness (QED) is 0.105. The van der Waals surface area contributed by atoms with Gasteiger partial charge in [0.1, 0.15) is 42.0 Å². The standard InChI is InChI=1S/C25H26ClFN4O3.C16H19N3O.CH4.H2/c1-31(2)8-3-4-18(32)10-16-11-20-23(13-24(16)34-19-7-9-33-14-19)28-15-29-25(20)30-17-5-6-22(27)21(26)12-17;1-4-5-6-13(20)8-12-9-14-15(7-11(12)2)18-10-19-16(14)17-3;;/h3-6,11-13,15,19H,7-10,14H2,1-2H3,(H,28,29,30);5-7,9-10H,4,8H2,1-3H3,(H,17,18,19);1H4;1H/b4-3+;6-5+;;/t19-;;;/m0.../s1. The van der Waals surface area contributed by atoms with Crippen LogP contribution in [0.2, 0.25) is 5.02 Å². The second-order valence-corrected chi connectivity index (χ2v) is 13.5. The number of anilines is 3. The highest BCUT2D eigenvalue weighted by molar-refractivity contribution is 6.31. The van der Waals surface area contributed by atoms with E-state index in [2.05, 4.69) is 30.6 Å². The number of ether oxygens (including phenoxy) is 2. The van der Waals surface area contributed by atoms with Gasteiger partial charge in [-0.2, -0.15) is 0 Å². The zero-order chi connectivity index (χ0) is 38.6. The highest BCUT2D eigenvalue weighted by Gasteiger charge is 2.21. The van der Waals surface area contributed by atoms with Crippen LogP contribution in [0.25, 0.3) is 21.8 Å². The summed E-state index contributed by atoms with van der Waals surface area (Å²) in [4.78, 5) is 43.8. The number of halogens is 2. The Kier molecular flexibility index (Phi) is 15.7. The maximum Gasteiger partial charge on any atom is 0.159 e. The number of likely N-dealkylation sites (N-methyl/N-ethyl adjacent to an activating group) is 1. The Morgan fingerprint density at radius 2 is 1.62 bits per heavy atom. The summed E-state index contributed by atoms with van der Waals surface area (Å²) in [5.74, 6) is 1.49. The Bertz CT molecular complexity index is 2180. The van der Waals surface area contributed by atoms with Crippen molar-refractivity contribution in [3.63, 3.8) is 0 Å². The number of ketones is 2. The molecule has 0 amide bonds. The van der Waals surface area contributed by atoms with E-state index in [0.717, 1.165) is 46.3 Å². The highest BCUT2D eigenvalue weighted by Crippen LogP contribution is 2.32. The Morgan fingerprint density at radius 1 is 0.964 bits per heavy atom. The number of aromatic nitrogens is 4. The van der Waals surface area contributed by atoms with E-state index in [-0.39, 0.29) is 38.0 Å². The van der Waals surface area contributed by atoms with E-state index in [1.54, 1.807) is 24.5 Å². The third-order valence-electron chi connectivity index (χ3n) is 8.55. The molecule has 0 saturated carbocycles. The molecular weight excluding hydrogens is 721 g/mol. The topological polar surface area (TPSA) is 131 Å². The van der Waals surface area contributed by atoms with Crippen molar-refractivity contribution in [1.82, 2.24) is 24.8 Å². The van der Waals surface area contributed by atoms with E-state index in [1.807, 2.05) is 76.3 Å². The summed E-state index contributed by atoms with van der Waals surface area (Å²) in [7, 11) is 5.71. The summed E-state index contributed by atoms with van der Waals surface area (Å²) >= 11 is 5.92. The smallest absolute Gasteiger partial charge is 0.159 e. The molecule has 3 heterocycles. The molecule has 1 saturated heterocycles. The number of carbonyl (C=O) groups is 2.